The van der Waals surface area contributed by atoms with Crippen LogP contribution in [0.5, 0.6) is 11.5 Å². The van der Waals surface area contributed by atoms with Crippen molar-refractivity contribution in [3.05, 3.63) is 107 Å². The van der Waals surface area contributed by atoms with Crippen molar-refractivity contribution in [3.63, 3.8) is 0 Å². The molecule has 1 unspecified atom stereocenters. The van der Waals surface area contributed by atoms with E-state index in [0.29, 0.717) is 17.1 Å². The standard InChI is InChI=1S/C28H20F3NO2S/c1-17(23-6-2-4-18-14-15-35-26(18)23)32-27(33)20-8-13-24-19(16-20)5-3-7-25(24)34-22-11-9-21(10-12-22)28(29,30)31/h2-17H,1H3,(H,32,33). The molecule has 0 saturated heterocycles. The molecule has 1 heterocycles. The summed E-state index contributed by atoms with van der Waals surface area (Å²) in [5, 5.41) is 7.80. The van der Waals surface area contributed by atoms with Crippen LogP contribution in [0.15, 0.2) is 90.3 Å². The maximum atomic E-state index is 13.0. The van der Waals surface area contributed by atoms with Gasteiger partial charge in [-0.1, -0.05) is 30.3 Å². The molecule has 176 valence electrons. The number of amides is 1. The molecule has 1 atom stereocenters. The first kappa shape index (κ1) is 22.9. The third-order valence-electron chi connectivity index (χ3n) is 5.84. The van der Waals surface area contributed by atoms with Gasteiger partial charge < -0.3 is 10.1 Å². The Bertz CT molecular complexity index is 1520. The van der Waals surface area contributed by atoms with Gasteiger partial charge in [-0.25, -0.2) is 0 Å². The SMILES string of the molecule is CC(NC(=O)c1ccc2c(Oc3ccc(C(F)(F)F)cc3)cccc2c1)c1cccc2ccsc12. The third-order valence-corrected chi connectivity index (χ3v) is 6.81. The van der Waals surface area contributed by atoms with Crippen molar-refractivity contribution in [2.45, 2.75) is 19.1 Å². The molecule has 0 fully saturated rings. The molecule has 0 aliphatic rings. The number of nitrogens with one attached hydrogen (secondary N) is 1. The Morgan fingerprint density at radius 3 is 2.43 bits per heavy atom. The molecule has 1 amide bonds. The topological polar surface area (TPSA) is 38.3 Å². The average Bonchev–Trinajstić information content (AvgIpc) is 3.33. The van der Waals surface area contributed by atoms with Crippen molar-refractivity contribution in [2.24, 2.45) is 0 Å². The number of carbonyl (C=O) groups excluding carboxylic acids is 1. The molecular weight excluding hydrogens is 471 g/mol. The summed E-state index contributed by atoms with van der Waals surface area (Å²) in [7, 11) is 0. The van der Waals surface area contributed by atoms with Gasteiger partial charge in [0.1, 0.15) is 11.5 Å². The Kier molecular flexibility index (Phi) is 5.94. The van der Waals surface area contributed by atoms with Crippen molar-refractivity contribution >= 4 is 38.1 Å². The summed E-state index contributed by atoms with van der Waals surface area (Å²) in [5.74, 6) is 0.595. The number of alkyl halides is 3. The predicted octanol–water partition coefficient (Wildman–Crippen LogP) is 8.36. The van der Waals surface area contributed by atoms with E-state index in [1.165, 1.54) is 12.1 Å². The van der Waals surface area contributed by atoms with Gasteiger partial charge in [-0.05, 0) is 83.2 Å². The van der Waals surface area contributed by atoms with E-state index in [9.17, 15) is 18.0 Å². The van der Waals surface area contributed by atoms with Gasteiger partial charge in [-0.3, -0.25) is 4.79 Å². The van der Waals surface area contributed by atoms with E-state index < -0.39 is 11.7 Å². The molecule has 0 radical (unpaired) electrons. The van der Waals surface area contributed by atoms with Crippen LogP contribution in [0.4, 0.5) is 13.2 Å². The molecule has 0 bridgehead atoms. The molecular formula is C28H20F3NO2S. The number of benzene rings is 4. The monoisotopic (exact) mass is 491 g/mol. The molecule has 35 heavy (non-hydrogen) atoms. The first-order chi connectivity index (χ1) is 16.8. The van der Waals surface area contributed by atoms with E-state index in [-0.39, 0.29) is 11.9 Å². The van der Waals surface area contributed by atoms with E-state index in [1.54, 1.807) is 41.7 Å². The highest BCUT2D eigenvalue weighted by Crippen LogP contribution is 2.34. The van der Waals surface area contributed by atoms with Gasteiger partial charge in [0.15, 0.2) is 0 Å². The Hall–Kier alpha value is -3.84. The third kappa shape index (κ3) is 4.72. The number of hydrogen-bond acceptors (Lipinski definition) is 3. The van der Waals surface area contributed by atoms with Gasteiger partial charge in [0.2, 0.25) is 0 Å². The van der Waals surface area contributed by atoms with Crippen LogP contribution < -0.4 is 10.1 Å². The predicted molar refractivity (Wildman–Crippen MR) is 133 cm³/mol. The zero-order chi connectivity index (χ0) is 24.6. The number of hydrogen-bond donors (Lipinski definition) is 1. The van der Waals surface area contributed by atoms with Crippen molar-refractivity contribution < 1.29 is 22.7 Å². The van der Waals surface area contributed by atoms with Gasteiger partial charge in [-0.15, -0.1) is 11.3 Å². The van der Waals surface area contributed by atoms with Gasteiger partial charge in [-0.2, -0.15) is 13.2 Å². The first-order valence-corrected chi connectivity index (χ1v) is 11.8. The lowest BCUT2D eigenvalue weighted by atomic mass is 10.0. The Labute approximate surface area is 203 Å². The Morgan fingerprint density at radius 1 is 0.914 bits per heavy atom. The fourth-order valence-electron chi connectivity index (χ4n) is 4.04. The lowest BCUT2D eigenvalue weighted by Gasteiger charge is -2.16. The second-order valence-electron chi connectivity index (χ2n) is 8.20. The van der Waals surface area contributed by atoms with Crippen LogP contribution in [-0.2, 0) is 6.18 Å². The summed E-state index contributed by atoms with van der Waals surface area (Å²) >= 11 is 1.65. The van der Waals surface area contributed by atoms with Gasteiger partial charge in [0.25, 0.3) is 5.91 Å². The highest BCUT2D eigenvalue weighted by Gasteiger charge is 2.30. The minimum absolute atomic E-state index is 0.171. The van der Waals surface area contributed by atoms with Crippen LogP contribution in [0.1, 0.15) is 34.5 Å². The van der Waals surface area contributed by atoms with E-state index in [1.807, 2.05) is 30.5 Å². The minimum Gasteiger partial charge on any atom is -0.457 e. The quantitative estimate of drug-likeness (QED) is 0.268. The Morgan fingerprint density at radius 2 is 1.66 bits per heavy atom. The van der Waals surface area contributed by atoms with Crippen molar-refractivity contribution in [1.29, 1.82) is 0 Å². The average molecular weight is 492 g/mol. The molecule has 0 aliphatic heterocycles. The number of rotatable bonds is 5. The van der Waals surface area contributed by atoms with Gasteiger partial charge >= 0.3 is 6.18 Å². The van der Waals surface area contributed by atoms with Crippen LogP contribution in [0.3, 0.4) is 0 Å². The summed E-state index contributed by atoms with van der Waals surface area (Å²) in [6.45, 7) is 1.96. The molecule has 5 rings (SSSR count). The lowest BCUT2D eigenvalue weighted by Crippen LogP contribution is -2.26. The number of thiophene rings is 1. The number of fused-ring (bicyclic) bond motifs is 2. The molecule has 0 saturated carbocycles. The summed E-state index contributed by atoms with van der Waals surface area (Å²) in [6.07, 6.45) is -4.40. The summed E-state index contributed by atoms with van der Waals surface area (Å²) < 4.78 is 45.4. The minimum atomic E-state index is -4.40. The number of halogens is 3. The lowest BCUT2D eigenvalue weighted by molar-refractivity contribution is -0.137. The van der Waals surface area contributed by atoms with Crippen LogP contribution in [-0.4, -0.2) is 5.91 Å². The van der Waals surface area contributed by atoms with E-state index in [4.69, 9.17) is 4.74 Å². The molecule has 7 heteroatoms. The summed E-state index contributed by atoms with van der Waals surface area (Å²) in [6, 6.07) is 23.2. The molecule has 1 N–H and O–H groups in total. The summed E-state index contributed by atoms with van der Waals surface area (Å²) in [5.41, 5.74) is 0.844. The van der Waals surface area contributed by atoms with Crippen LogP contribution in [0.2, 0.25) is 0 Å². The zero-order valence-corrected chi connectivity index (χ0v) is 19.4. The fraction of sp³-hybridized carbons (Fsp3) is 0.107. The first-order valence-electron chi connectivity index (χ1n) is 10.9. The highest BCUT2D eigenvalue weighted by atomic mass is 32.1. The zero-order valence-electron chi connectivity index (χ0n) is 18.6. The van der Waals surface area contributed by atoms with E-state index >= 15 is 0 Å². The molecule has 0 aliphatic carbocycles. The second kappa shape index (κ2) is 9.07. The number of ether oxygens (including phenoxy) is 1. The molecule has 5 aromatic rings. The molecule has 4 aromatic carbocycles. The highest BCUT2D eigenvalue weighted by molar-refractivity contribution is 7.17. The van der Waals surface area contributed by atoms with E-state index in [0.717, 1.165) is 38.6 Å². The molecule has 3 nitrogen and oxygen atoms in total. The van der Waals surface area contributed by atoms with Crippen molar-refractivity contribution in [3.8, 4) is 11.5 Å². The van der Waals surface area contributed by atoms with Crippen LogP contribution in [0.25, 0.3) is 20.9 Å². The van der Waals surface area contributed by atoms with Gasteiger partial charge in [0, 0.05) is 15.6 Å². The molecule has 0 spiro atoms. The second-order valence-corrected chi connectivity index (χ2v) is 9.11. The van der Waals surface area contributed by atoms with Crippen molar-refractivity contribution in [1.82, 2.24) is 5.32 Å². The van der Waals surface area contributed by atoms with Crippen LogP contribution in [0, 0.1) is 0 Å². The van der Waals surface area contributed by atoms with Gasteiger partial charge in [0.05, 0.1) is 11.6 Å². The Balaban J connectivity index is 1.36. The van der Waals surface area contributed by atoms with Crippen LogP contribution >= 0.6 is 11.3 Å². The van der Waals surface area contributed by atoms with Crippen molar-refractivity contribution in [2.75, 3.05) is 0 Å². The maximum Gasteiger partial charge on any atom is 0.416 e. The smallest absolute Gasteiger partial charge is 0.416 e. The molecule has 1 aromatic heterocycles. The normalized spacial score (nSPS) is 12.6. The maximum absolute atomic E-state index is 13.0. The fourth-order valence-corrected chi connectivity index (χ4v) is 5.04. The summed E-state index contributed by atoms with van der Waals surface area (Å²) in [4.78, 5) is 13.0. The van der Waals surface area contributed by atoms with E-state index in [2.05, 4.69) is 17.4 Å². The number of carbonyl (C=O) groups is 1. The largest absolute Gasteiger partial charge is 0.457 e.